The molecule has 0 aromatic heterocycles. The van der Waals surface area contributed by atoms with Crippen LogP contribution in [0.3, 0.4) is 0 Å². The number of halogens is 1. The molecule has 0 aliphatic heterocycles. The molecule has 0 atom stereocenters. The summed E-state index contributed by atoms with van der Waals surface area (Å²) in [6, 6.07) is 9.33. The van der Waals surface area contributed by atoms with Gasteiger partial charge in [0.2, 0.25) is 0 Å². The molecule has 2 aromatic rings. The fraction of sp³-hybridized carbons (Fsp3) is 0.143. The predicted molar refractivity (Wildman–Crippen MR) is 84.4 cm³/mol. The van der Waals surface area contributed by atoms with Gasteiger partial charge < -0.3 is 10.5 Å². The lowest BCUT2D eigenvalue weighted by Gasteiger charge is -2.12. The van der Waals surface area contributed by atoms with E-state index in [9.17, 15) is 8.42 Å². The summed E-state index contributed by atoms with van der Waals surface area (Å²) in [7, 11) is -2.29. The molecule has 7 heteroatoms. The monoisotopic (exact) mass is 326 g/mol. The van der Waals surface area contributed by atoms with Crippen molar-refractivity contribution in [3.8, 4) is 5.75 Å². The van der Waals surface area contributed by atoms with E-state index in [1.807, 2.05) is 0 Å². The normalized spacial score (nSPS) is 11.2. The van der Waals surface area contributed by atoms with Crippen LogP contribution in [0.4, 0.5) is 11.4 Å². The van der Waals surface area contributed by atoms with Crippen LogP contribution in [0.2, 0.25) is 5.02 Å². The lowest BCUT2D eigenvalue weighted by molar-refractivity contribution is 0.415. The second-order valence-electron chi connectivity index (χ2n) is 4.53. The Morgan fingerprint density at radius 1 is 1.19 bits per heavy atom. The molecule has 0 unspecified atom stereocenters. The first kappa shape index (κ1) is 15.5. The number of rotatable bonds is 4. The number of hydrogen-bond donors (Lipinski definition) is 2. The molecule has 3 N–H and O–H groups in total. The van der Waals surface area contributed by atoms with E-state index < -0.39 is 10.0 Å². The Bertz CT molecular complexity index is 756. The number of nitrogen functional groups attached to an aromatic ring is 1. The smallest absolute Gasteiger partial charge is 0.262 e. The number of anilines is 2. The van der Waals surface area contributed by atoms with E-state index in [0.717, 1.165) is 5.56 Å². The van der Waals surface area contributed by atoms with Gasteiger partial charge in [-0.3, -0.25) is 4.72 Å². The van der Waals surface area contributed by atoms with Crippen LogP contribution in [0.15, 0.2) is 41.3 Å². The molecule has 2 aromatic carbocycles. The second-order valence-corrected chi connectivity index (χ2v) is 6.62. The van der Waals surface area contributed by atoms with Crippen molar-refractivity contribution in [3.05, 3.63) is 47.0 Å². The zero-order valence-electron chi connectivity index (χ0n) is 11.6. The fourth-order valence-corrected chi connectivity index (χ4v) is 3.27. The second kappa shape index (κ2) is 5.83. The number of nitrogens with one attached hydrogen (secondary N) is 1. The third kappa shape index (κ3) is 3.59. The van der Waals surface area contributed by atoms with Crippen molar-refractivity contribution >= 4 is 33.0 Å². The minimum absolute atomic E-state index is 0.0823. The molecule has 0 spiro atoms. The highest BCUT2D eigenvalue weighted by molar-refractivity contribution is 7.92. The summed E-state index contributed by atoms with van der Waals surface area (Å²) in [6.45, 7) is 1.77. The average Bonchev–Trinajstić information content (AvgIpc) is 2.40. The SMILES string of the molecule is COc1ccc(Cl)c(NS(=O)(=O)c2cc(C)cc(N)c2)c1. The van der Waals surface area contributed by atoms with Gasteiger partial charge in [0.15, 0.2) is 0 Å². The highest BCUT2D eigenvalue weighted by Gasteiger charge is 2.17. The molecule has 0 amide bonds. The van der Waals surface area contributed by atoms with Crippen molar-refractivity contribution in [2.45, 2.75) is 11.8 Å². The number of hydrogen-bond acceptors (Lipinski definition) is 4. The first-order chi connectivity index (χ1) is 9.81. The Morgan fingerprint density at radius 3 is 2.52 bits per heavy atom. The topological polar surface area (TPSA) is 81.4 Å². The number of benzene rings is 2. The molecule has 0 saturated heterocycles. The largest absolute Gasteiger partial charge is 0.497 e. The summed E-state index contributed by atoms with van der Waals surface area (Å²) < 4.78 is 32.3. The molecular weight excluding hydrogens is 312 g/mol. The van der Waals surface area contributed by atoms with Crippen LogP contribution in [0, 0.1) is 6.92 Å². The van der Waals surface area contributed by atoms with E-state index in [2.05, 4.69) is 4.72 Å². The van der Waals surface area contributed by atoms with E-state index in [-0.39, 0.29) is 15.6 Å². The van der Waals surface area contributed by atoms with Crippen LogP contribution >= 0.6 is 11.6 Å². The summed E-state index contributed by atoms with van der Waals surface area (Å²) in [5.41, 5.74) is 7.07. The number of ether oxygens (including phenoxy) is 1. The van der Waals surface area contributed by atoms with Crippen molar-refractivity contribution in [1.29, 1.82) is 0 Å². The maximum absolute atomic E-state index is 12.4. The Hall–Kier alpha value is -1.92. The van der Waals surface area contributed by atoms with Crippen LogP contribution < -0.4 is 15.2 Å². The van der Waals surface area contributed by atoms with E-state index >= 15 is 0 Å². The summed E-state index contributed by atoms with van der Waals surface area (Å²) in [6.07, 6.45) is 0. The zero-order chi connectivity index (χ0) is 15.6. The van der Waals surface area contributed by atoms with E-state index in [0.29, 0.717) is 11.4 Å². The maximum Gasteiger partial charge on any atom is 0.262 e. The summed E-state index contributed by atoms with van der Waals surface area (Å²) in [4.78, 5) is 0.0823. The molecule has 2 rings (SSSR count). The molecular formula is C14H15ClN2O3S. The van der Waals surface area contributed by atoms with Crippen LogP contribution in [-0.2, 0) is 10.0 Å². The van der Waals surface area contributed by atoms with E-state index in [4.69, 9.17) is 22.1 Å². The first-order valence-electron chi connectivity index (χ1n) is 6.05. The fourth-order valence-electron chi connectivity index (χ4n) is 1.84. The maximum atomic E-state index is 12.4. The molecule has 0 aliphatic carbocycles. The third-order valence-corrected chi connectivity index (χ3v) is 4.48. The molecule has 21 heavy (non-hydrogen) atoms. The van der Waals surface area contributed by atoms with Gasteiger partial charge in [0.1, 0.15) is 5.75 Å². The summed E-state index contributed by atoms with van der Waals surface area (Å²) in [5, 5.41) is 0.278. The van der Waals surface area contributed by atoms with Crippen molar-refractivity contribution < 1.29 is 13.2 Å². The molecule has 0 bridgehead atoms. The molecule has 0 heterocycles. The average molecular weight is 327 g/mol. The van der Waals surface area contributed by atoms with E-state index in [1.54, 1.807) is 25.1 Å². The lowest BCUT2D eigenvalue weighted by atomic mass is 10.2. The van der Waals surface area contributed by atoms with Gasteiger partial charge in [-0.1, -0.05) is 11.6 Å². The Kier molecular flexibility index (Phi) is 4.29. The highest BCUT2D eigenvalue weighted by atomic mass is 35.5. The van der Waals surface area contributed by atoms with E-state index in [1.165, 1.54) is 25.3 Å². The Morgan fingerprint density at radius 2 is 1.90 bits per heavy atom. The van der Waals surface area contributed by atoms with Crippen LogP contribution in [0.25, 0.3) is 0 Å². The van der Waals surface area contributed by atoms with Crippen molar-refractivity contribution in [1.82, 2.24) is 0 Å². The molecule has 0 fully saturated rings. The van der Waals surface area contributed by atoms with Gasteiger partial charge in [-0.25, -0.2) is 8.42 Å². The summed E-state index contributed by atoms with van der Waals surface area (Å²) in [5.74, 6) is 0.501. The van der Waals surface area contributed by atoms with Gasteiger partial charge in [-0.05, 0) is 42.8 Å². The number of nitrogens with two attached hydrogens (primary N) is 1. The van der Waals surface area contributed by atoms with Crippen LogP contribution in [0.5, 0.6) is 5.75 Å². The quantitative estimate of drug-likeness (QED) is 0.846. The zero-order valence-corrected chi connectivity index (χ0v) is 13.1. The highest BCUT2D eigenvalue weighted by Crippen LogP contribution is 2.29. The van der Waals surface area contributed by atoms with Crippen LogP contribution in [0.1, 0.15) is 5.56 Å². The molecule has 112 valence electrons. The minimum atomic E-state index is -3.78. The minimum Gasteiger partial charge on any atom is -0.497 e. The first-order valence-corrected chi connectivity index (χ1v) is 7.91. The van der Waals surface area contributed by atoms with Crippen molar-refractivity contribution in [2.75, 3.05) is 17.6 Å². The van der Waals surface area contributed by atoms with Gasteiger partial charge in [-0.15, -0.1) is 0 Å². The van der Waals surface area contributed by atoms with Crippen LogP contribution in [-0.4, -0.2) is 15.5 Å². The van der Waals surface area contributed by atoms with Crippen molar-refractivity contribution in [2.24, 2.45) is 0 Å². The van der Waals surface area contributed by atoms with Gasteiger partial charge >= 0.3 is 0 Å². The van der Waals surface area contributed by atoms with Crippen molar-refractivity contribution in [3.63, 3.8) is 0 Å². The molecule has 5 nitrogen and oxygen atoms in total. The predicted octanol–water partition coefficient (Wildman–Crippen LogP) is 3.04. The van der Waals surface area contributed by atoms with Gasteiger partial charge in [0.25, 0.3) is 10.0 Å². The standard InChI is InChI=1S/C14H15ClN2O3S/c1-9-5-10(16)7-12(6-9)21(18,19)17-14-8-11(20-2)3-4-13(14)15/h3-8,17H,16H2,1-2H3. The van der Waals surface area contributed by atoms with Gasteiger partial charge in [0.05, 0.1) is 22.7 Å². The van der Waals surface area contributed by atoms with Gasteiger partial charge in [0, 0.05) is 11.8 Å². The molecule has 0 radical (unpaired) electrons. The third-order valence-electron chi connectivity index (χ3n) is 2.80. The number of aryl methyl sites for hydroxylation is 1. The lowest BCUT2D eigenvalue weighted by Crippen LogP contribution is -2.14. The molecule has 0 aliphatic rings. The Balaban J connectivity index is 2.41. The number of methoxy groups -OCH3 is 1. The Labute approximate surface area is 128 Å². The number of sulfonamides is 1. The summed E-state index contributed by atoms with van der Waals surface area (Å²) >= 11 is 6.00. The van der Waals surface area contributed by atoms with Gasteiger partial charge in [-0.2, -0.15) is 0 Å². The molecule has 0 saturated carbocycles.